The molecule has 5 rings (SSSR count). The van der Waals surface area contributed by atoms with Gasteiger partial charge in [0, 0.05) is 24.2 Å². The standard InChI is InChI=1S/C24H22N4O2/c1-4-11-27-20-8-6-5-7-18(20)24(23(27)30)13-21(29)26-22-19(24)14-25-28(22)17-10-9-15(2)16(3)12-17/h4-10,12,14H,1,11,13H2,2-3H3,(H,26,29)/t24-/m1/s1. The van der Waals surface area contributed by atoms with E-state index in [-0.39, 0.29) is 18.2 Å². The molecule has 30 heavy (non-hydrogen) atoms. The predicted octanol–water partition coefficient (Wildman–Crippen LogP) is 3.65. The molecule has 6 heteroatoms. The molecule has 3 heterocycles. The van der Waals surface area contributed by atoms with E-state index in [4.69, 9.17) is 0 Å². The first kappa shape index (κ1) is 18.4. The highest BCUT2D eigenvalue weighted by molar-refractivity contribution is 6.15. The summed E-state index contributed by atoms with van der Waals surface area (Å²) in [6.45, 7) is 8.28. The second-order valence-electron chi connectivity index (χ2n) is 7.94. The van der Waals surface area contributed by atoms with Crippen molar-refractivity contribution in [3.63, 3.8) is 0 Å². The quantitative estimate of drug-likeness (QED) is 0.685. The number of rotatable bonds is 3. The Hall–Kier alpha value is -3.67. The van der Waals surface area contributed by atoms with E-state index < -0.39 is 5.41 Å². The molecule has 0 bridgehead atoms. The van der Waals surface area contributed by atoms with Gasteiger partial charge in [0.05, 0.1) is 11.9 Å². The Morgan fingerprint density at radius 2 is 1.93 bits per heavy atom. The monoisotopic (exact) mass is 398 g/mol. The first-order valence-electron chi connectivity index (χ1n) is 9.95. The Morgan fingerprint density at radius 3 is 2.70 bits per heavy atom. The van der Waals surface area contributed by atoms with Gasteiger partial charge in [-0.15, -0.1) is 6.58 Å². The van der Waals surface area contributed by atoms with E-state index in [1.165, 1.54) is 5.56 Å². The van der Waals surface area contributed by atoms with Crippen LogP contribution in [0.1, 0.15) is 28.7 Å². The molecule has 1 N–H and O–H groups in total. The first-order valence-corrected chi connectivity index (χ1v) is 9.95. The Morgan fingerprint density at radius 1 is 1.13 bits per heavy atom. The number of aromatic nitrogens is 2. The number of nitrogens with one attached hydrogen (secondary N) is 1. The van der Waals surface area contributed by atoms with Crippen molar-refractivity contribution in [2.75, 3.05) is 16.8 Å². The van der Waals surface area contributed by atoms with Crippen molar-refractivity contribution < 1.29 is 9.59 Å². The Kier molecular flexibility index (Phi) is 3.93. The molecule has 0 saturated carbocycles. The third-order valence-electron chi connectivity index (χ3n) is 6.22. The van der Waals surface area contributed by atoms with Gasteiger partial charge in [-0.1, -0.05) is 30.3 Å². The van der Waals surface area contributed by atoms with Gasteiger partial charge in [-0.25, -0.2) is 4.68 Å². The highest BCUT2D eigenvalue weighted by atomic mass is 16.2. The fraction of sp³-hybridized carbons (Fsp3) is 0.208. The number of aryl methyl sites for hydroxylation is 2. The van der Waals surface area contributed by atoms with Crippen LogP contribution in [0.4, 0.5) is 11.5 Å². The second kappa shape index (κ2) is 6.42. The molecular weight excluding hydrogens is 376 g/mol. The first-order chi connectivity index (χ1) is 14.5. The van der Waals surface area contributed by atoms with Crippen molar-refractivity contribution >= 4 is 23.3 Å². The van der Waals surface area contributed by atoms with Crippen LogP contribution in [0.25, 0.3) is 5.69 Å². The van der Waals surface area contributed by atoms with Crippen LogP contribution in [-0.2, 0) is 15.0 Å². The Balaban J connectivity index is 1.75. The molecule has 150 valence electrons. The van der Waals surface area contributed by atoms with Gasteiger partial charge in [-0.2, -0.15) is 5.10 Å². The predicted molar refractivity (Wildman–Crippen MR) is 116 cm³/mol. The molecule has 1 atom stereocenters. The average molecular weight is 398 g/mol. The number of hydrogen-bond acceptors (Lipinski definition) is 3. The average Bonchev–Trinajstić information content (AvgIpc) is 3.25. The number of carbonyl (C=O) groups is 2. The number of hydrogen-bond donors (Lipinski definition) is 1. The number of carbonyl (C=O) groups excluding carboxylic acids is 2. The van der Waals surface area contributed by atoms with Crippen LogP contribution in [0.5, 0.6) is 0 Å². The molecule has 0 aliphatic carbocycles. The van der Waals surface area contributed by atoms with Gasteiger partial charge < -0.3 is 10.2 Å². The minimum absolute atomic E-state index is 0.0576. The molecule has 1 spiro atoms. The smallest absolute Gasteiger partial charge is 0.243 e. The maximum absolute atomic E-state index is 13.7. The van der Waals surface area contributed by atoms with Crippen molar-refractivity contribution in [3.05, 3.63) is 83.6 Å². The van der Waals surface area contributed by atoms with E-state index in [0.29, 0.717) is 12.4 Å². The summed E-state index contributed by atoms with van der Waals surface area (Å²) < 4.78 is 1.71. The molecule has 0 unspecified atom stereocenters. The zero-order valence-corrected chi connectivity index (χ0v) is 17.0. The summed E-state index contributed by atoms with van der Waals surface area (Å²) in [6, 6.07) is 13.7. The Bertz CT molecular complexity index is 1230. The van der Waals surface area contributed by atoms with Gasteiger partial charge >= 0.3 is 0 Å². The summed E-state index contributed by atoms with van der Waals surface area (Å²) >= 11 is 0. The van der Waals surface area contributed by atoms with Gasteiger partial charge in [-0.3, -0.25) is 9.59 Å². The molecule has 0 radical (unpaired) electrons. The zero-order valence-electron chi connectivity index (χ0n) is 17.0. The molecule has 2 aromatic carbocycles. The van der Waals surface area contributed by atoms with Gasteiger partial charge in [-0.05, 0) is 48.7 Å². The molecule has 3 aromatic rings. The van der Waals surface area contributed by atoms with Gasteiger partial charge in [0.2, 0.25) is 11.8 Å². The molecule has 0 saturated heterocycles. The van der Waals surface area contributed by atoms with Crippen LogP contribution in [0.3, 0.4) is 0 Å². The van der Waals surface area contributed by atoms with Crippen LogP contribution in [0.15, 0.2) is 61.3 Å². The summed E-state index contributed by atoms with van der Waals surface area (Å²) in [5.41, 5.74) is 4.47. The summed E-state index contributed by atoms with van der Waals surface area (Å²) in [5, 5.41) is 7.54. The van der Waals surface area contributed by atoms with Crippen LogP contribution >= 0.6 is 0 Å². The molecule has 1 aromatic heterocycles. The van der Waals surface area contributed by atoms with Crippen molar-refractivity contribution in [2.45, 2.75) is 25.7 Å². The fourth-order valence-electron chi connectivity index (χ4n) is 4.61. The van der Waals surface area contributed by atoms with Gasteiger partial charge in [0.25, 0.3) is 0 Å². The normalized spacial score (nSPS) is 19.6. The van der Waals surface area contributed by atoms with E-state index in [1.54, 1.807) is 21.9 Å². The molecule has 6 nitrogen and oxygen atoms in total. The van der Waals surface area contributed by atoms with Crippen molar-refractivity contribution in [1.82, 2.24) is 9.78 Å². The van der Waals surface area contributed by atoms with Crippen molar-refractivity contribution in [3.8, 4) is 5.69 Å². The molecular formula is C24H22N4O2. The number of amides is 2. The number of fused-ring (bicyclic) bond motifs is 4. The molecule has 2 aliphatic heterocycles. The number of nitrogens with zero attached hydrogens (tertiary/aromatic N) is 3. The number of para-hydroxylation sites is 1. The lowest BCUT2D eigenvalue weighted by atomic mass is 9.72. The molecule has 2 aliphatic rings. The van der Waals surface area contributed by atoms with Crippen molar-refractivity contribution in [1.29, 1.82) is 0 Å². The SMILES string of the molecule is C=CCN1C(=O)[C@]2(CC(=O)Nc3c2cnn3-c2ccc(C)c(C)c2)c2ccccc21. The van der Waals surface area contributed by atoms with Gasteiger partial charge in [0.1, 0.15) is 11.2 Å². The van der Waals surface area contributed by atoms with Gasteiger partial charge in [0.15, 0.2) is 0 Å². The molecule has 2 amide bonds. The lowest BCUT2D eigenvalue weighted by Crippen LogP contribution is -2.46. The third-order valence-corrected chi connectivity index (χ3v) is 6.22. The number of benzene rings is 2. The van der Waals surface area contributed by atoms with Crippen molar-refractivity contribution in [2.24, 2.45) is 0 Å². The van der Waals surface area contributed by atoms with Crippen LogP contribution in [-0.4, -0.2) is 28.1 Å². The van der Waals surface area contributed by atoms with E-state index in [0.717, 1.165) is 28.1 Å². The summed E-state index contributed by atoms with van der Waals surface area (Å²) in [5.74, 6) is 0.245. The van der Waals surface area contributed by atoms with Crippen LogP contribution in [0, 0.1) is 13.8 Å². The fourth-order valence-corrected chi connectivity index (χ4v) is 4.61. The minimum atomic E-state index is -1.07. The summed E-state index contributed by atoms with van der Waals surface area (Å²) in [4.78, 5) is 28.3. The van der Waals surface area contributed by atoms with Crippen LogP contribution in [0.2, 0.25) is 0 Å². The second-order valence-corrected chi connectivity index (χ2v) is 7.94. The summed E-state index contributed by atoms with van der Waals surface area (Å²) in [6.07, 6.45) is 3.48. The maximum atomic E-state index is 13.7. The topological polar surface area (TPSA) is 67.2 Å². The zero-order chi connectivity index (χ0) is 21.0. The lowest BCUT2D eigenvalue weighted by Gasteiger charge is -2.32. The van der Waals surface area contributed by atoms with E-state index in [1.807, 2.05) is 49.4 Å². The maximum Gasteiger partial charge on any atom is 0.243 e. The Labute approximate surface area is 174 Å². The van der Waals surface area contributed by atoms with Crippen LogP contribution < -0.4 is 10.2 Å². The van der Waals surface area contributed by atoms with E-state index >= 15 is 0 Å². The largest absolute Gasteiger partial charge is 0.310 e. The van der Waals surface area contributed by atoms with E-state index in [2.05, 4.69) is 23.9 Å². The third kappa shape index (κ3) is 2.33. The summed E-state index contributed by atoms with van der Waals surface area (Å²) in [7, 11) is 0. The minimum Gasteiger partial charge on any atom is -0.310 e. The highest BCUT2D eigenvalue weighted by Gasteiger charge is 2.56. The van der Waals surface area contributed by atoms with E-state index in [9.17, 15) is 9.59 Å². The molecule has 0 fully saturated rings. The highest BCUT2D eigenvalue weighted by Crippen LogP contribution is 2.52. The lowest BCUT2D eigenvalue weighted by molar-refractivity contribution is -0.126. The number of anilines is 2.